The predicted molar refractivity (Wildman–Crippen MR) is 82.9 cm³/mol. The van der Waals surface area contributed by atoms with Crippen LogP contribution in [0.3, 0.4) is 0 Å². The van der Waals surface area contributed by atoms with Crippen LogP contribution < -0.4 is 16.0 Å². The van der Waals surface area contributed by atoms with Gasteiger partial charge in [-0.1, -0.05) is 12.1 Å². The summed E-state index contributed by atoms with van der Waals surface area (Å²) in [6.45, 7) is 2.62. The third kappa shape index (κ3) is 4.86. The Bertz CT molecular complexity index is 495. The molecule has 114 valence electrons. The molecule has 3 N–H and O–H groups in total. The molecule has 1 unspecified atom stereocenters. The molecule has 0 radical (unpaired) electrons. The average Bonchev–Trinajstić information content (AvgIpc) is 3.30. The minimum Gasteiger partial charge on any atom is -0.350 e. The molecule has 2 rings (SSSR count). The number of benzene rings is 1. The van der Waals surface area contributed by atoms with Crippen molar-refractivity contribution in [1.82, 2.24) is 10.6 Å². The lowest BCUT2D eigenvalue weighted by Crippen LogP contribution is -2.29. The largest absolute Gasteiger partial charge is 0.350 e. The summed E-state index contributed by atoms with van der Waals surface area (Å²) in [7, 11) is 1.82. The van der Waals surface area contributed by atoms with E-state index in [1.807, 2.05) is 38.2 Å². The van der Waals surface area contributed by atoms with E-state index >= 15 is 0 Å². The van der Waals surface area contributed by atoms with Crippen molar-refractivity contribution in [1.29, 1.82) is 0 Å². The number of anilines is 1. The van der Waals surface area contributed by atoms with Crippen LogP contribution in [0.2, 0.25) is 0 Å². The molecule has 0 heterocycles. The molecule has 1 atom stereocenters. The Balaban J connectivity index is 1.85. The average molecular weight is 289 g/mol. The molecule has 1 aliphatic rings. The number of hydrogen-bond donors (Lipinski definition) is 3. The summed E-state index contributed by atoms with van der Waals surface area (Å²) in [6, 6.07) is 7.59. The van der Waals surface area contributed by atoms with Gasteiger partial charge in [0.05, 0.1) is 6.04 Å². The fourth-order valence-corrected chi connectivity index (χ4v) is 2.08. The first-order valence-corrected chi connectivity index (χ1v) is 7.45. The normalized spacial score (nSPS) is 15.3. The van der Waals surface area contributed by atoms with Gasteiger partial charge in [-0.3, -0.25) is 9.59 Å². The van der Waals surface area contributed by atoms with Crippen molar-refractivity contribution in [3.63, 3.8) is 0 Å². The van der Waals surface area contributed by atoms with Crippen LogP contribution in [0, 0.1) is 5.92 Å². The number of amides is 2. The van der Waals surface area contributed by atoms with Gasteiger partial charge in [0, 0.05) is 24.6 Å². The maximum absolute atomic E-state index is 11.7. The third-order valence-corrected chi connectivity index (χ3v) is 3.61. The lowest BCUT2D eigenvalue weighted by atomic mass is 10.1. The highest BCUT2D eigenvalue weighted by atomic mass is 16.2. The Morgan fingerprint density at radius 3 is 2.48 bits per heavy atom. The van der Waals surface area contributed by atoms with E-state index in [1.165, 1.54) is 0 Å². The van der Waals surface area contributed by atoms with Gasteiger partial charge in [-0.15, -0.1) is 0 Å². The van der Waals surface area contributed by atoms with Crippen molar-refractivity contribution in [3.05, 3.63) is 29.8 Å². The van der Waals surface area contributed by atoms with Gasteiger partial charge in [-0.05, 0) is 44.5 Å². The van der Waals surface area contributed by atoms with Gasteiger partial charge in [0.15, 0.2) is 0 Å². The molecular formula is C16H23N3O2. The molecule has 1 aromatic carbocycles. The van der Waals surface area contributed by atoms with Crippen LogP contribution >= 0.6 is 0 Å². The van der Waals surface area contributed by atoms with Crippen molar-refractivity contribution in [2.75, 3.05) is 18.9 Å². The van der Waals surface area contributed by atoms with Crippen molar-refractivity contribution in [2.24, 2.45) is 5.92 Å². The summed E-state index contributed by atoms with van der Waals surface area (Å²) in [5.41, 5.74) is 1.83. The smallest absolute Gasteiger partial charge is 0.227 e. The highest BCUT2D eigenvalue weighted by Crippen LogP contribution is 2.30. The topological polar surface area (TPSA) is 70.2 Å². The zero-order valence-electron chi connectivity index (χ0n) is 12.6. The second kappa shape index (κ2) is 7.22. The molecule has 5 nitrogen and oxygen atoms in total. The number of hydrogen-bond acceptors (Lipinski definition) is 3. The van der Waals surface area contributed by atoms with Crippen LogP contribution in [0.25, 0.3) is 0 Å². The monoisotopic (exact) mass is 289 g/mol. The molecule has 21 heavy (non-hydrogen) atoms. The van der Waals surface area contributed by atoms with E-state index < -0.39 is 0 Å². The highest BCUT2D eigenvalue weighted by molar-refractivity contribution is 5.94. The van der Waals surface area contributed by atoms with Gasteiger partial charge < -0.3 is 16.0 Å². The fourth-order valence-electron chi connectivity index (χ4n) is 2.08. The SMILES string of the molecule is CNCCC(=O)NC(C)c1ccc(NC(=O)C2CC2)cc1. The zero-order chi connectivity index (χ0) is 15.2. The van der Waals surface area contributed by atoms with E-state index in [9.17, 15) is 9.59 Å². The minimum absolute atomic E-state index is 0.0305. The molecule has 0 aromatic heterocycles. The van der Waals surface area contributed by atoms with Gasteiger partial charge in [0.1, 0.15) is 0 Å². The molecule has 1 saturated carbocycles. The minimum atomic E-state index is -0.0393. The summed E-state index contributed by atoms with van der Waals surface area (Å²) >= 11 is 0. The summed E-state index contributed by atoms with van der Waals surface area (Å²) < 4.78 is 0. The Morgan fingerprint density at radius 1 is 1.24 bits per heavy atom. The van der Waals surface area contributed by atoms with Crippen molar-refractivity contribution < 1.29 is 9.59 Å². The van der Waals surface area contributed by atoms with E-state index in [4.69, 9.17) is 0 Å². The molecule has 1 aliphatic carbocycles. The van der Waals surface area contributed by atoms with Crippen LogP contribution in [0.4, 0.5) is 5.69 Å². The highest BCUT2D eigenvalue weighted by Gasteiger charge is 2.29. The quantitative estimate of drug-likeness (QED) is 0.717. The standard InChI is InChI=1S/C16H23N3O2/c1-11(18-15(20)9-10-17-2)12-5-7-14(8-6-12)19-16(21)13-3-4-13/h5-8,11,13,17H,3-4,9-10H2,1-2H3,(H,18,20)(H,19,21). The first-order chi connectivity index (χ1) is 10.1. The lowest BCUT2D eigenvalue weighted by molar-refractivity contribution is -0.121. The first-order valence-electron chi connectivity index (χ1n) is 7.45. The van der Waals surface area contributed by atoms with Gasteiger partial charge in [-0.2, -0.15) is 0 Å². The van der Waals surface area contributed by atoms with Gasteiger partial charge in [0.25, 0.3) is 0 Å². The fraction of sp³-hybridized carbons (Fsp3) is 0.500. The Labute approximate surface area is 125 Å². The summed E-state index contributed by atoms with van der Waals surface area (Å²) in [6.07, 6.45) is 2.47. The second-order valence-corrected chi connectivity index (χ2v) is 5.53. The summed E-state index contributed by atoms with van der Waals surface area (Å²) in [5, 5.41) is 8.81. The van der Waals surface area contributed by atoms with E-state index in [1.54, 1.807) is 0 Å². The van der Waals surface area contributed by atoms with Crippen LogP contribution in [0.15, 0.2) is 24.3 Å². The van der Waals surface area contributed by atoms with E-state index in [0.29, 0.717) is 13.0 Å². The van der Waals surface area contributed by atoms with Crippen molar-refractivity contribution in [2.45, 2.75) is 32.2 Å². The molecule has 0 spiro atoms. The number of carbonyl (C=O) groups is 2. The van der Waals surface area contributed by atoms with E-state index in [2.05, 4.69) is 16.0 Å². The molecule has 0 aliphatic heterocycles. The van der Waals surface area contributed by atoms with Gasteiger partial charge in [-0.25, -0.2) is 0 Å². The Hall–Kier alpha value is -1.88. The van der Waals surface area contributed by atoms with Gasteiger partial charge in [0.2, 0.25) is 11.8 Å². The summed E-state index contributed by atoms with van der Waals surface area (Å²) in [4.78, 5) is 23.3. The van der Waals surface area contributed by atoms with E-state index in [0.717, 1.165) is 24.1 Å². The lowest BCUT2D eigenvalue weighted by Gasteiger charge is -2.15. The maximum atomic E-state index is 11.7. The zero-order valence-corrected chi connectivity index (χ0v) is 12.6. The van der Waals surface area contributed by atoms with Crippen LogP contribution in [-0.4, -0.2) is 25.4 Å². The predicted octanol–water partition coefficient (Wildman–Crippen LogP) is 1.82. The Kier molecular flexibility index (Phi) is 5.33. The molecule has 1 aromatic rings. The molecule has 0 saturated heterocycles. The molecule has 1 fully saturated rings. The van der Waals surface area contributed by atoms with E-state index in [-0.39, 0.29) is 23.8 Å². The van der Waals surface area contributed by atoms with Crippen molar-refractivity contribution >= 4 is 17.5 Å². The maximum Gasteiger partial charge on any atom is 0.227 e. The number of nitrogens with one attached hydrogen (secondary N) is 3. The molecule has 0 bridgehead atoms. The number of carbonyl (C=O) groups excluding carboxylic acids is 2. The van der Waals surface area contributed by atoms with Crippen LogP contribution in [0.5, 0.6) is 0 Å². The summed E-state index contributed by atoms with van der Waals surface area (Å²) in [5.74, 6) is 0.342. The molecule has 2 amide bonds. The van der Waals surface area contributed by atoms with Gasteiger partial charge >= 0.3 is 0 Å². The molecular weight excluding hydrogens is 266 g/mol. The third-order valence-electron chi connectivity index (χ3n) is 3.61. The molecule has 5 heteroatoms. The van der Waals surface area contributed by atoms with Crippen LogP contribution in [-0.2, 0) is 9.59 Å². The first kappa shape index (κ1) is 15.5. The van der Waals surface area contributed by atoms with Crippen molar-refractivity contribution in [3.8, 4) is 0 Å². The van der Waals surface area contributed by atoms with Crippen LogP contribution in [0.1, 0.15) is 37.8 Å². The number of rotatable bonds is 7. The Morgan fingerprint density at radius 2 is 1.90 bits per heavy atom. The second-order valence-electron chi connectivity index (χ2n) is 5.53.